The van der Waals surface area contributed by atoms with Gasteiger partial charge in [-0.25, -0.2) is 9.79 Å². The zero-order chi connectivity index (χ0) is 16.4. The van der Waals surface area contributed by atoms with Crippen LogP contribution in [0.3, 0.4) is 0 Å². The van der Waals surface area contributed by atoms with Crippen molar-refractivity contribution in [1.82, 2.24) is 0 Å². The van der Waals surface area contributed by atoms with Gasteiger partial charge in [0, 0.05) is 6.92 Å². The van der Waals surface area contributed by atoms with Crippen LogP contribution in [0, 0.1) is 0 Å². The second kappa shape index (κ2) is 6.21. The fourth-order valence-electron chi connectivity index (χ4n) is 1.94. The summed E-state index contributed by atoms with van der Waals surface area (Å²) in [7, 11) is 0. The minimum atomic E-state index is -0.578. The molecule has 3 rings (SSSR count). The Morgan fingerprint density at radius 2 is 2.13 bits per heavy atom. The van der Waals surface area contributed by atoms with E-state index in [-0.39, 0.29) is 11.6 Å². The number of carbonyl (C=O) groups is 2. The highest BCUT2D eigenvalue weighted by Gasteiger charge is 2.26. The molecule has 1 aliphatic rings. The summed E-state index contributed by atoms with van der Waals surface area (Å²) in [5.74, 6) is -0.160. The third-order valence-electron chi connectivity index (χ3n) is 2.83. The van der Waals surface area contributed by atoms with Crippen LogP contribution in [0.1, 0.15) is 18.2 Å². The summed E-state index contributed by atoms with van der Waals surface area (Å²) in [6.45, 7) is 1.32. The van der Waals surface area contributed by atoms with Crippen molar-refractivity contribution in [2.45, 2.75) is 6.92 Å². The standard InChI is InChI=1S/C16H10BrNO5/c1-9(19)21-11-4-2-3-10(7-11)8-12-16(20)23-15(18-12)13-5-6-14(17)22-13/h2-8H,1H3. The molecule has 0 saturated carbocycles. The lowest BCUT2D eigenvalue weighted by Gasteiger charge is -2.01. The lowest BCUT2D eigenvalue weighted by atomic mass is 10.2. The average Bonchev–Trinajstić information content (AvgIpc) is 3.06. The van der Waals surface area contributed by atoms with E-state index in [1.165, 1.54) is 6.92 Å². The smallest absolute Gasteiger partial charge is 0.363 e. The van der Waals surface area contributed by atoms with Crippen LogP contribution >= 0.6 is 15.9 Å². The lowest BCUT2D eigenvalue weighted by Crippen LogP contribution is -2.04. The van der Waals surface area contributed by atoms with E-state index in [1.807, 2.05) is 0 Å². The summed E-state index contributed by atoms with van der Waals surface area (Å²) in [6.07, 6.45) is 1.54. The Morgan fingerprint density at radius 1 is 1.30 bits per heavy atom. The Labute approximate surface area is 139 Å². The Morgan fingerprint density at radius 3 is 2.83 bits per heavy atom. The second-order valence-electron chi connectivity index (χ2n) is 4.61. The van der Waals surface area contributed by atoms with Crippen molar-refractivity contribution in [1.29, 1.82) is 0 Å². The Bertz CT molecular complexity index is 850. The normalized spacial score (nSPS) is 15.5. The van der Waals surface area contributed by atoms with Gasteiger partial charge < -0.3 is 13.9 Å². The molecule has 0 amide bonds. The molecule has 0 fully saturated rings. The first kappa shape index (κ1) is 15.2. The van der Waals surface area contributed by atoms with E-state index in [9.17, 15) is 9.59 Å². The molecule has 0 saturated heterocycles. The Kier molecular flexibility index (Phi) is 4.12. The summed E-state index contributed by atoms with van der Waals surface area (Å²) >= 11 is 3.17. The molecule has 0 bridgehead atoms. The van der Waals surface area contributed by atoms with Crippen LogP contribution in [0.25, 0.3) is 6.08 Å². The van der Waals surface area contributed by atoms with Gasteiger partial charge in [0.15, 0.2) is 16.1 Å². The first-order chi connectivity index (χ1) is 11.0. The number of esters is 2. The number of hydrogen-bond acceptors (Lipinski definition) is 6. The maximum Gasteiger partial charge on any atom is 0.363 e. The molecule has 1 aliphatic heterocycles. The molecular formula is C16H10BrNO5. The van der Waals surface area contributed by atoms with Crippen LogP contribution in [0.2, 0.25) is 0 Å². The number of benzene rings is 1. The number of hydrogen-bond donors (Lipinski definition) is 0. The lowest BCUT2D eigenvalue weighted by molar-refractivity contribution is -0.132. The fraction of sp³-hybridized carbons (Fsp3) is 0.0625. The zero-order valence-corrected chi connectivity index (χ0v) is 13.5. The van der Waals surface area contributed by atoms with E-state index in [0.29, 0.717) is 21.7 Å². The summed E-state index contributed by atoms with van der Waals surface area (Å²) in [5, 5.41) is 0. The number of ether oxygens (including phenoxy) is 2. The predicted octanol–water partition coefficient (Wildman–Crippen LogP) is 3.31. The number of nitrogens with zero attached hydrogens (tertiary/aromatic N) is 1. The molecule has 23 heavy (non-hydrogen) atoms. The fourth-order valence-corrected chi connectivity index (χ4v) is 2.24. The van der Waals surface area contributed by atoms with Crippen molar-refractivity contribution >= 4 is 39.8 Å². The number of cyclic esters (lactones) is 1. The second-order valence-corrected chi connectivity index (χ2v) is 5.39. The third kappa shape index (κ3) is 3.57. The van der Waals surface area contributed by atoms with Gasteiger partial charge in [0.05, 0.1) is 0 Å². The molecular weight excluding hydrogens is 366 g/mol. The van der Waals surface area contributed by atoms with Gasteiger partial charge in [-0.1, -0.05) is 12.1 Å². The largest absolute Gasteiger partial charge is 0.444 e. The van der Waals surface area contributed by atoms with Crippen LogP contribution < -0.4 is 4.74 Å². The molecule has 1 aromatic heterocycles. The van der Waals surface area contributed by atoms with Crippen molar-refractivity contribution in [2.24, 2.45) is 4.99 Å². The van der Waals surface area contributed by atoms with Gasteiger partial charge in [0.1, 0.15) is 5.75 Å². The van der Waals surface area contributed by atoms with E-state index < -0.39 is 11.9 Å². The molecule has 2 heterocycles. The SMILES string of the molecule is CC(=O)Oc1cccc(C=C2N=C(c3ccc(Br)o3)OC2=O)c1. The Hall–Kier alpha value is -2.67. The highest BCUT2D eigenvalue weighted by atomic mass is 79.9. The molecule has 0 unspecified atom stereocenters. The van der Waals surface area contributed by atoms with Gasteiger partial charge in [0.2, 0.25) is 0 Å². The third-order valence-corrected chi connectivity index (χ3v) is 3.25. The molecule has 6 nitrogen and oxygen atoms in total. The minimum Gasteiger partial charge on any atom is -0.444 e. The number of rotatable bonds is 3. The van der Waals surface area contributed by atoms with Gasteiger partial charge in [-0.15, -0.1) is 0 Å². The van der Waals surface area contributed by atoms with E-state index in [4.69, 9.17) is 13.9 Å². The van der Waals surface area contributed by atoms with E-state index >= 15 is 0 Å². The summed E-state index contributed by atoms with van der Waals surface area (Å²) < 4.78 is 15.9. The topological polar surface area (TPSA) is 78.1 Å². The monoisotopic (exact) mass is 375 g/mol. The predicted molar refractivity (Wildman–Crippen MR) is 84.8 cm³/mol. The van der Waals surface area contributed by atoms with Crippen LogP contribution in [0.5, 0.6) is 5.75 Å². The van der Waals surface area contributed by atoms with Crippen LogP contribution in [0.15, 0.2) is 56.2 Å². The summed E-state index contributed by atoms with van der Waals surface area (Å²) in [5.41, 5.74) is 0.786. The van der Waals surface area contributed by atoms with E-state index in [1.54, 1.807) is 42.5 Å². The molecule has 0 radical (unpaired) electrons. The Balaban J connectivity index is 1.88. The van der Waals surface area contributed by atoms with Crippen LogP contribution in [-0.4, -0.2) is 17.8 Å². The van der Waals surface area contributed by atoms with Crippen LogP contribution in [-0.2, 0) is 14.3 Å². The van der Waals surface area contributed by atoms with Gasteiger partial charge in [-0.2, -0.15) is 0 Å². The van der Waals surface area contributed by atoms with E-state index in [2.05, 4.69) is 20.9 Å². The zero-order valence-electron chi connectivity index (χ0n) is 11.9. The number of aliphatic imine (C=N–C) groups is 1. The van der Waals surface area contributed by atoms with Crippen molar-refractivity contribution in [3.63, 3.8) is 0 Å². The quantitative estimate of drug-likeness (QED) is 0.467. The van der Waals surface area contributed by atoms with Gasteiger partial charge in [-0.3, -0.25) is 4.79 Å². The summed E-state index contributed by atoms with van der Waals surface area (Å²) in [4.78, 5) is 27.0. The first-order valence-electron chi connectivity index (χ1n) is 6.58. The maximum absolute atomic E-state index is 11.9. The molecule has 1 aromatic carbocycles. The van der Waals surface area contributed by atoms with Crippen molar-refractivity contribution < 1.29 is 23.5 Å². The highest BCUT2D eigenvalue weighted by Crippen LogP contribution is 2.23. The van der Waals surface area contributed by atoms with Gasteiger partial charge >= 0.3 is 11.9 Å². The average molecular weight is 376 g/mol. The van der Waals surface area contributed by atoms with E-state index in [0.717, 1.165) is 0 Å². The van der Waals surface area contributed by atoms with Gasteiger partial charge in [0.25, 0.3) is 5.90 Å². The summed E-state index contributed by atoms with van der Waals surface area (Å²) in [6, 6.07) is 10.0. The van der Waals surface area contributed by atoms with Crippen molar-refractivity contribution in [2.75, 3.05) is 0 Å². The molecule has 0 N–H and O–H groups in total. The first-order valence-corrected chi connectivity index (χ1v) is 7.37. The maximum atomic E-state index is 11.9. The highest BCUT2D eigenvalue weighted by molar-refractivity contribution is 9.10. The number of halogens is 1. The van der Waals surface area contributed by atoms with Gasteiger partial charge in [-0.05, 0) is 51.8 Å². The molecule has 2 aromatic rings. The molecule has 0 atom stereocenters. The minimum absolute atomic E-state index is 0.100. The number of furan rings is 1. The molecule has 0 aliphatic carbocycles. The molecule has 116 valence electrons. The van der Waals surface area contributed by atoms with Crippen LogP contribution in [0.4, 0.5) is 0 Å². The molecule has 7 heteroatoms. The van der Waals surface area contributed by atoms with Crippen molar-refractivity contribution in [3.8, 4) is 5.75 Å². The van der Waals surface area contributed by atoms with Crippen molar-refractivity contribution in [3.05, 3.63) is 58.1 Å². The molecule has 0 spiro atoms. The number of carbonyl (C=O) groups excluding carboxylic acids is 2.